The van der Waals surface area contributed by atoms with Crippen molar-refractivity contribution in [3.05, 3.63) is 35.9 Å². The fourth-order valence-electron chi connectivity index (χ4n) is 2.41. The van der Waals surface area contributed by atoms with Crippen LogP contribution in [0.2, 0.25) is 0 Å². The van der Waals surface area contributed by atoms with Crippen LogP contribution in [0.15, 0.2) is 30.3 Å². The molecule has 1 saturated heterocycles. The molecule has 2 rings (SSSR count). The molecule has 0 radical (unpaired) electrons. The molecule has 1 aliphatic rings. The maximum Gasteiger partial charge on any atom is 0.237 e. The van der Waals surface area contributed by atoms with Gasteiger partial charge in [-0.15, -0.1) is 0 Å². The number of nitrogens with zero attached hydrogens (tertiary/aromatic N) is 2. The molecule has 0 bridgehead atoms. The van der Waals surface area contributed by atoms with Crippen molar-refractivity contribution in [2.75, 3.05) is 13.1 Å². The molecule has 1 aromatic rings. The second kappa shape index (κ2) is 5.65. The first-order valence-electron chi connectivity index (χ1n) is 6.19. The topological polar surface area (TPSA) is 56.1 Å². The third kappa shape index (κ3) is 2.52. The Bertz CT molecular complexity index is 452. The molecular weight excluding hydrogens is 226 g/mol. The molecule has 1 fully saturated rings. The summed E-state index contributed by atoms with van der Waals surface area (Å²) in [5, 5.41) is 11.9. The van der Waals surface area contributed by atoms with Gasteiger partial charge in [0.05, 0.1) is 18.5 Å². The van der Waals surface area contributed by atoms with Crippen molar-refractivity contribution in [3.8, 4) is 6.07 Å². The van der Waals surface area contributed by atoms with Crippen LogP contribution in [0.1, 0.15) is 24.9 Å². The lowest BCUT2D eigenvalue weighted by molar-refractivity contribution is -0.129. The fourth-order valence-corrected chi connectivity index (χ4v) is 2.41. The van der Waals surface area contributed by atoms with Crippen LogP contribution in [0.5, 0.6) is 0 Å². The number of hydrogen-bond donors (Lipinski definition) is 1. The highest BCUT2D eigenvalue weighted by molar-refractivity contribution is 5.82. The second-order valence-corrected chi connectivity index (χ2v) is 4.49. The average molecular weight is 243 g/mol. The van der Waals surface area contributed by atoms with Crippen LogP contribution in [-0.4, -0.2) is 29.9 Å². The van der Waals surface area contributed by atoms with Crippen molar-refractivity contribution in [2.24, 2.45) is 0 Å². The van der Waals surface area contributed by atoms with Crippen molar-refractivity contribution in [2.45, 2.75) is 25.4 Å². The van der Waals surface area contributed by atoms with Gasteiger partial charge < -0.3 is 5.32 Å². The zero-order chi connectivity index (χ0) is 13.0. The largest absolute Gasteiger partial charge is 0.353 e. The predicted octanol–water partition coefficient (Wildman–Crippen LogP) is 1.46. The van der Waals surface area contributed by atoms with E-state index < -0.39 is 0 Å². The highest BCUT2D eigenvalue weighted by Gasteiger charge is 2.31. The van der Waals surface area contributed by atoms with Crippen LogP contribution in [0, 0.1) is 11.3 Å². The van der Waals surface area contributed by atoms with Crippen molar-refractivity contribution in [1.82, 2.24) is 10.2 Å². The summed E-state index contributed by atoms with van der Waals surface area (Å²) in [6.45, 7) is 3.33. The van der Waals surface area contributed by atoms with Crippen LogP contribution in [0.3, 0.4) is 0 Å². The van der Waals surface area contributed by atoms with Gasteiger partial charge in [0.1, 0.15) is 0 Å². The van der Waals surface area contributed by atoms with Crippen LogP contribution >= 0.6 is 0 Å². The molecule has 1 heterocycles. The van der Waals surface area contributed by atoms with E-state index in [0.717, 1.165) is 12.1 Å². The van der Waals surface area contributed by atoms with Crippen LogP contribution in [-0.2, 0) is 4.79 Å². The summed E-state index contributed by atoms with van der Waals surface area (Å²) < 4.78 is 0. The van der Waals surface area contributed by atoms with Gasteiger partial charge in [-0.1, -0.05) is 30.3 Å². The Hall–Kier alpha value is -1.86. The summed E-state index contributed by atoms with van der Waals surface area (Å²) in [5.74, 6) is 0.0418. The first kappa shape index (κ1) is 12.6. The van der Waals surface area contributed by atoms with Gasteiger partial charge in [0.2, 0.25) is 5.91 Å². The summed E-state index contributed by atoms with van der Waals surface area (Å²) >= 11 is 0. The van der Waals surface area contributed by atoms with Crippen molar-refractivity contribution >= 4 is 5.91 Å². The highest BCUT2D eigenvalue weighted by atomic mass is 16.2. The number of carbonyl (C=O) groups excluding carboxylic acids is 1. The SMILES string of the molecule is CC1C(=O)NCCN1C(CC#N)c1ccccc1. The van der Waals surface area contributed by atoms with Gasteiger partial charge in [0.25, 0.3) is 0 Å². The van der Waals surface area contributed by atoms with E-state index in [0.29, 0.717) is 13.0 Å². The minimum absolute atomic E-state index is 0.00255. The molecule has 0 saturated carbocycles. The first-order valence-corrected chi connectivity index (χ1v) is 6.19. The normalized spacial score (nSPS) is 22.0. The van der Waals surface area contributed by atoms with E-state index in [1.807, 2.05) is 37.3 Å². The standard InChI is InChI=1S/C14H17N3O/c1-11-14(18)16-9-10-17(11)13(7-8-15)12-5-3-2-4-6-12/h2-6,11,13H,7,9-10H2,1H3,(H,16,18). The van der Waals surface area contributed by atoms with E-state index in [9.17, 15) is 4.79 Å². The lowest BCUT2D eigenvalue weighted by atomic mass is 9.99. The number of rotatable bonds is 3. The van der Waals surface area contributed by atoms with Gasteiger partial charge in [-0.3, -0.25) is 9.69 Å². The van der Waals surface area contributed by atoms with Crippen LogP contribution in [0.25, 0.3) is 0 Å². The lowest BCUT2D eigenvalue weighted by Crippen LogP contribution is -2.54. The maximum atomic E-state index is 11.7. The van der Waals surface area contributed by atoms with E-state index in [2.05, 4.69) is 16.3 Å². The fraction of sp³-hybridized carbons (Fsp3) is 0.429. The lowest BCUT2D eigenvalue weighted by Gasteiger charge is -2.38. The molecule has 94 valence electrons. The van der Waals surface area contributed by atoms with E-state index in [1.165, 1.54) is 0 Å². The van der Waals surface area contributed by atoms with Gasteiger partial charge in [0, 0.05) is 19.1 Å². The molecule has 4 heteroatoms. The van der Waals surface area contributed by atoms with Crippen molar-refractivity contribution in [1.29, 1.82) is 5.26 Å². The van der Waals surface area contributed by atoms with E-state index in [-0.39, 0.29) is 18.0 Å². The maximum absolute atomic E-state index is 11.7. The van der Waals surface area contributed by atoms with Gasteiger partial charge in [-0.25, -0.2) is 0 Å². The number of carbonyl (C=O) groups is 1. The summed E-state index contributed by atoms with van der Waals surface area (Å²) in [7, 11) is 0. The Morgan fingerprint density at radius 3 is 2.89 bits per heavy atom. The monoisotopic (exact) mass is 243 g/mol. The second-order valence-electron chi connectivity index (χ2n) is 4.49. The number of amides is 1. The Kier molecular flexibility index (Phi) is 3.96. The quantitative estimate of drug-likeness (QED) is 0.874. The molecule has 0 aromatic heterocycles. The number of benzene rings is 1. The molecule has 2 atom stereocenters. The number of nitrogens with one attached hydrogen (secondary N) is 1. The molecule has 2 unspecified atom stereocenters. The third-order valence-electron chi connectivity index (χ3n) is 3.42. The van der Waals surface area contributed by atoms with E-state index in [4.69, 9.17) is 5.26 Å². The minimum Gasteiger partial charge on any atom is -0.353 e. The Labute approximate surface area is 107 Å². The van der Waals surface area contributed by atoms with Crippen LogP contribution < -0.4 is 5.32 Å². The molecule has 0 spiro atoms. The molecule has 18 heavy (non-hydrogen) atoms. The van der Waals surface area contributed by atoms with Gasteiger partial charge in [-0.05, 0) is 12.5 Å². The van der Waals surface area contributed by atoms with Gasteiger partial charge in [0.15, 0.2) is 0 Å². The predicted molar refractivity (Wildman–Crippen MR) is 68.6 cm³/mol. The van der Waals surface area contributed by atoms with Crippen LogP contribution in [0.4, 0.5) is 0 Å². The Morgan fingerprint density at radius 1 is 1.50 bits per heavy atom. The van der Waals surface area contributed by atoms with Crippen molar-refractivity contribution in [3.63, 3.8) is 0 Å². The molecule has 1 aromatic carbocycles. The Morgan fingerprint density at radius 2 is 2.22 bits per heavy atom. The number of piperazine rings is 1. The van der Waals surface area contributed by atoms with Crippen molar-refractivity contribution < 1.29 is 4.79 Å². The zero-order valence-electron chi connectivity index (χ0n) is 10.5. The highest BCUT2D eigenvalue weighted by Crippen LogP contribution is 2.26. The molecule has 1 aliphatic heterocycles. The summed E-state index contributed by atoms with van der Waals surface area (Å²) in [5.41, 5.74) is 1.10. The smallest absolute Gasteiger partial charge is 0.237 e. The summed E-state index contributed by atoms with van der Waals surface area (Å²) in [4.78, 5) is 13.8. The first-order chi connectivity index (χ1) is 8.74. The van der Waals surface area contributed by atoms with Gasteiger partial charge >= 0.3 is 0 Å². The van der Waals surface area contributed by atoms with E-state index in [1.54, 1.807) is 0 Å². The molecule has 1 N–H and O–H groups in total. The summed E-state index contributed by atoms with van der Waals surface area (Å²) in [6, 6.07) is 12.0. The van der Waals surface area contributed by atoms with Gasteiger partial charge in [-0.2, -0.15) is 5.26 Å². The summed E-state index contributed by atoms with van der Waals surface area (Å²) in [6.07, 6.45) is 0.404. The Balaban J connectivity index is 2.25. The number of hydrogen-bond acceptors (Lipinski definition) is 3. The molecule has 0 aliphatic carbocycles. The average Bonchev–Trinajstić information content (AvgIpc) is 2.41. The zero-order valence-corrected chi connectivity index (χ0v) is 10.5. The minimum atomic E-state index is -0.183. The third-order valence-corrected chi connectivity index (χ3v) is 3.42. The molecule has 4 nitrogen and oxygen atoms in total. The van der Waals surface area contributed by atoms with E-state index >= 15 is 0 Å². The molecular formula is C14H17N3O. The number of nitriles is 1. The molecule has 1 amide bonds.